The summed E-state index contributed by atoms with van der Waals surface area (Å²) in [7, 11) is -18.3. The maximum Gasteiger partial charge on any atom is 0.390 e. The Kier molecular flexibility index (Phi) is 15.1. The Bertz CT molecular complexity index is 3220. The minimum absolute atomic E-state index is 0.926. The predicted molar refractivity (Wildman–Crippen MR) is 320 cm³/mol. The van der Waals surface area contributed by atoms with Gasteiger partial charge in [0.2, 0.25) is 0 Å². The molecule has 363 valence electrons. The van der Waals surface area contributed by atoms with Crippen LogP contribution in [-0.4, -0.2) is 43.0 Å². The van der Waals surface area contributed by atoms with Crippen molar-refractivity contribution in [1.29, 1.82) is 0 Å². The van der Waals surface area contributed by atoms with Gasteiger partial charge >= 0.3 is 25.7 Å². The summed E-state index contributed by atoms with van der Waals surface area (Å²) < 4.78 is 35.2. The highest BCUT2D eigenvalue weighted by Crippen LogP contribution is 2.28. The van der Waals surface area contributed by atoms with Crippen molar-refractivity contribution in [2.75, 3.05) is 0 Å². The highest BCUT2D eigenvalue weighted by molar-refractivity contribution is 7.16. The summed E-state index contributed by atoms with van der Waals surface area (Å²) in [5, 5.41) is 11.2. The third kappa shape index (κ3) is 10.0. The molecule has 0 N–H and O–H groups in total. The molecule has 0 fully saturated rings. The van der Waals surface area contributed by atoms with E-state index in [1.165, 1.54) is 0 Å². The van der Waals surface area contributed by atoms with Crippen LogP contribution in [0.15, 0.2) is 334 Å². The Morgan fingerprint density at radius 1 is 0.187 bits per heavy atom. The van der Waals surface area contributed by atoms with Crippen molar-refractivity contribution in [2.24, 2.45) is 0 Å². The van der Waals surface area contributed by atoms with Crippen molar-refractivity contribution in [3.8, 4) is 0 Å². The lowest BCUT2D eigenvalue weighted by atomic mass is 10.3. The first-order valence-corrected chi connectivity index (χ1v) is 34.2. The van der Waals surface area contributed by atoms with Gasteiger partial charge in [0.15, 0.2) is 0 Å². The molecule has 0 unspecified atom stereocenters. The molecular weight excluding hydrogens is 997 g/mol. The molecule has 75 heavy (non-hydrogen) atoms. The fraction of sp³-hybridized carbons (Fsp3) is 0. The molecular formula is C66H55O4Si5. The average Bonchev–Trinajstić information content (AvgIpc) is 3.52. The van der Waals surface area contributed by atoms with Gasteiger partial charge in [-0.05, 0) is 57.1 Å². The van der Waals surface area contributed by atoms with E-state index in [4.69, 9.17) is 16.5 Å². The van der Waals surface area contributed by atoms with Gasteiger partial charge in [-0.25, -0.2) is 0 Å². The van der Waals surface area contributed by atoms with Crippen LogP contribution < -0.4 is 57.1 Å². The summed E-state index contributed by atoms with van der Waals surface area (Å²) in [6.45, 7) is 0. The molecule has 9 heteroatoms. The quantitative estimate of drug-likeness (QED) is 0.0631. The van der Waals surface area contributed by atoms with Crippen LogP contribution in [0.25, 0.3) is 0 Å². The molecule has 11 rings (SSSR count). The van der Waals surface area contributed by atoms with Gasteiger partial charge in [0.1, 0.15) is 0 Å². The standard InChI is InChI=1S/C66H55O4Si5/c1-12-34-56(35-13-1)71(57-36-14-2-15-37-57)67-73(61-44-22-6-23-45-61,62-46-24-7-25-47-62)69-75(65-52-30-10-31-53-65,66-54-32-11-33-55-66)70-74(63-48-26-8-27-49-63,64-50-28-9-29-51-64)68-72(58-38-16-3-17-39-58,59-40-18-4-19-41-59)60-42-20-5-21-43-60/h1-55H. The second-order valence-corrected chi connectivity index (χ2v) is 33.6. The third-order valence-corrected chi connectivity index (χ3v) is 34.3. The molecule has 0 bridgehead atoms. The molecule has 1 radical (unpaired) electrons. The van der Waals surface area contributed by atoms with E-state index in [1.54, 1.807) is 0 Å². The molecule has 0 saturated heterocycles. The Labute approximate surface area is 447 Å². The van der Waals surface area contributed by atoms with Crippen LogP contribution in [0.4, 0.5) is 0 Å². The Morgan fingerprint density at radius 2 is 0.373 bits per heavy atom. The molecule has 11 aromatic rings. The zero-order valence-corrected chi connectivity index (χ0v) is 46.4. The average molecular weight is 1050 g/mol. The van der Waals surface area contributed by atoms with Crippen LogP contribution in [0.2, 0.25) is 0 Å². The number of hydrogen-bond acceptors (Lipinski definition) is 4. The van der Waals surface area contributed by atoms with Gasteiger partial charge < -0.3 is 16.5 Å². The van der Waals surface area contributed by atoms with Gasteiger partial charge in [-0.1, -0.05) is 334 Å². The molecule has 0 aromatic heterocycles. The first kappa shape index (κ1) is 49.6. The summed E-state index contributed by atoms with van der Waals surface area (Å²) in [5.74, 6) is 0. The van der Waals surface area contributed by atoms with Crippen LogP contribution in [0.3, 0.4) is 0 Å². The molecule has 0 aliphatic carbocycles. The Hall–Kier alpha value is -7.66. The Balaban J connectivity index is 1.28. The van der Waals surface area contributed by atoms with Gasteiger partial charge in [0, 0.05) is 0 Å². The fourth-order valence-corrected chi connectivity index (χ4v) is 35.0. The SMILES string of the molecule is c1ccc([Si](O[Si](O[Si](O[Si](O[Si](c2ccccc2)(c2ccccc2)c2ccccc2)(c2ccccc2)c2ccccc2)(c2ccccc2)c2ccccc2)(c2ccccc2)c2ccccc2)c2ccccc2)cc1. The van der Waals surface area contributed by atoms with Crippen LogP contribution in [0.5, 0.6) is 0 Å². The van der Waals surface area contributed by atoms with Crippen molar-refractivity contribution in [3.05, 3.63) is 334 Å². The van der Waals surface area contributed by atoms with E-state index in [1.807, 2.05) is 0 Å². The van der Waals surface area contributed by atoms with Crippen molar-refractivity contribution in [2.45, 2.75) is 0 Å². The maximum absolute atomic E-state index is 9.02. The van der Waals surface area contributed by atoms with Crippen molar-refractivity contribution < 1.29 is 16.5 Å². The van der Waals surface area contributed by atoms with E-state index in [-0.39, 0.29) is 0 Å². The normalized spacial score (nSPS) is 12.1. The highest BCUT2D eigenvalue weighted by atomic mass is 28.5. The summed E-state index contributed by atoms with van der Waals surface area (Å²) >= 11 is 0. The van der Waals surface area contributed by atoms with E-state index in [9.17, 15) is 0 Å². The number of benzene rings is 11. The maximum atomic E-state index is 9.02. The first-order chi connectivity index (χ1) is 37.1. The second kappa shape index (κ2) is 22.8. The second-order valence-electron chi connectivity index (χ2n) is 18.3. The molecule has 0 spiro atoms. The van der Waals surface area contributed by atoms with E-state index >= 15 is 0 Å². The van der Waals surface area contributed by atoms with Crippen LogP contribution in [0.1, 0.15) is 0 Å². The fourth-order valence-electron chi connectivity index (χ4n) is 10.1. The van der Waals surface area contributed by atoms with Gasteiger partial charge in [-0.3, -0.25) is 0 Å². The molecule has 4 nitrogen and oxygen atoms in total. The first-order valence-electron chi connectivity index (χ1n) is 25.4. The van der Waals surface area contributed by atoms with Gasteiger partial charge in [0.25, 0.3) is 17.4 Å². The molecule has 0 aliphatic heterocycles. The number of hydrogen-bond donors (Lipinski definition) is 0. The van der Waals surface area contributed by atoms with E-state index < -0.39 is 43.0 Å². The smallest absolute Gasteiger partial charge is 0.390 e. The van der Waals surface area contributed by atoms with E-state index in [0.29, 0.717) is 0 Å². The lowest BCUT2D eigenvalue weighted by Gasteiger charge is -2.49. The largest absolute Gasteiger partial charge is 0.422 e. The third-order valence-electron chi connectivity index (χ3n) is 13.7. The molecule has 0 atom stereocenters. The molecule has 11 aromatic carbocycles. The van der Waals surface area contributed by atoms with Crippen molar-refractivity contribution >= 4 is 100 Å². The van der Waals surface area contributed by atoms with Crippen molar-refractivity contribution in [3.63, 3.8) is 0 Å². The Morgan fingerprint density at radius 3 is 0.627 bits per heavy atom. The van der Waals surface area contributed by atoms with Gasteiger partial charge in [0.05, 0.1) is 0 Å². The minimum atomic E-state index is -4.31. The highest BCUT2D eigenvalue weighted by Gasteiger charge is 2.63. The zero-order valence-electron chi connectivity index (χ0n) is 41.4. The molecule has 0 heterocycles. The van der Waals surface area contributed by atoms with Crippen LogP contribution in [-0.2, 0) is 16.5 Å². The van der Waals surface area contributed by atoms with Gasteiger partial charge in [-0.15, -0.1) is 0 Å². The van der Waals surface area contributed by atoms with Gasteiger partial charge in [-0.2, -0.15) is 0 Å². The minimum Gasteiger partial charge on any atom is -0.422 e. The zero-order chi connectivity index (χ0) is 50.6. The molecule has 0 aliphatic rings. The summed E-state index contributed by atoms with van der Waals surface area (Å²) in [6.07, 6.45) is 0. The van der Waals surface area contributed by atoms with Crippen LogP contribution >= 0.6 is 0 Å². The molecule has 0 saturated carbocycles. The van der Waals surface area contributed by atoms with E-state index in [2.05, 4.69) is 334 Å². The summed E-state index contributed by atoms with van der Waals surface area (Å²) in [4.78, 5) is 0. The lowest BCUT2D eigenvalue weighted by Crippen LogP contribution is -2.84. The number of rotatable bonds is 19. The molecule has 0 amide bonds. The summed E-state index contributed by atoms with van der Waals surface area (Å²) in [6, 6.07) is 118. The lowest BCUT2D eigenvalue weighted by molar-refractivity contribution is 0.332. The predicted octanol–water partition coefficient (Wildman–Crippen LogP) is 7.30. The topological polar surface area (TPSA) is 36.9 Å². The summed E-state index contributed by atoms with van der Waals surface area (Å²) in [5.41, 5.74) is 0. The van der Waals surface area contributed by atoms with Crippen molar-refractivity contribution in [1.82, 2.24) is 0 Å². The van der Waals surface area contributed by atoms with Crippen LogP contribution in [0, 0.1) is 0 Å². The van der Waals surface area contributed by atoms with E-state index in [0.717, 1.165) is 57.1 Å². The monoisotopic (exact) mass is 1050 g/mol.